The molecule has 30 heavy (non-hydrogen) atoms. The van der Waals surface area contributed by atoms with Crippen molar-refractivity contribution in [3.05, 3.63) is 64.7 Å². The number of aryl methyl sites for hydroxylation is 1. The summed E-state index contributed by atoms with van der Waals surface area (Å²) in [7, 11) is 1.46. The molecule has 0 spiro atoms. The van der Waals surface area contributed by atoms with Crippen LogP contribution < -0.4 is 9.47 Å². The van der Waals surface area contributed by atoms with Crippen molar-refractivity contribution in [3.8, 4) is 17.6 Å². The average Bonchev–Trinajstić information content (AvgIpc) is 2.78. The molecular formula is C23H22N2O5. The third kappa shape index (κ3) is 4.85. The van der Waals surface area contributed by atoms with Crippen LogP contribution in [0.2, 0.25) is 0 Å². The van der Waals surface area contributed by atoms with Crippen LogP contribution in [0.4, 0.5) is 0 Å². The molecule has 2 aromatic rings. The van der Waals surface area contributed by atoms with Gasteiger partial charge in [-0.25, -0.2) is 4.79 Å². The second kappa shape index (κ2) is 9.72. The topological polar surface area (TPSA) is 88.9 Å². The Morgan fingerprint density at radius 2 is 1.87 bits per heavy atom. The van der Waals surface area contributed by atoms with Gasteiger partial charge in [0.15, 0.2) is 11.5 Å². The number of nitrogens with zero attached hydrogens (tertiary/aromatic N) is 2. The van der Waals surface area contributed by atoms with Gasteiger partial charge in [-0.3, -0.25) is 4.79 Å². The SMILES string of the molecule is COc1cc(/C=C(\C#N)C(=O)N2CCOCC2)ccc1OC(=O)c1ccccc1C. The van der Waals surface area contributed by atoms with Gasteiger partial charge >= 0.3 is 5.97 Å². The Kier molecular flexibility index (Phi) is 6.83. The van der Waals surface area contributed by atoms with Crippen molar-refractivity contribution in [1.29, 1.82) is 5.26 Å². The largest absolute Gasteiger partial charge is 0.493 e. The zero-order valence-electron chi connectivity index (χ0n) is 16.9. The Morgan fingerprint density at radius 3 is 2.53 bits per heavy atom. The number of methoxy groups -OCH3 is 1. The Labute approximate surface area is 175 Å². The fourth-order valence-corrected chi connectivity index (χ4v) is 3.06. The molecule has 1 fully saturated rings. The number of esters is 1. The number of hydrogen-bond donors (Lipinski definition) is 0. The third-order valence-electron chi connectivity index (χ3n) is 4.72. The van der Waals surface area contributed by atoms with Gasteiger partial charge in [-0.2, -0.15) is 5.26 Å². The lowest BCUT2D eigenvalue weighted by molar-refractivity contribution is -0.130. The number of hydrogen-bond acceptors (Lipinski definition) is 6. The van der Waals surface area contributed by atoms with Crippen molar-refractivity contribution in [3.63, 3.8) is 0 Å². The normalized spacial score (nSPS) is 14.0. The summed E-state index contributed by atoms with van der Waals surface area (Å²) >= 11 is 0. The van der Waals surface area contributed by atoms with Crippen LogP contribution in [0.3, 0.4) is 0 Å². The number of rotatable bonds is 5. The fraction of sp³-hybridized carbons (Fsp3) is 0.261. The number of nitriles is 1. The van der Waals surface area contributed by atoms with Crippen molar-refractivity contribution in [2.24, 2.45) is 0 Å². The van der Waals surface area contributed by atoms with E-state index in [2.05, 4.69) is 0 Å². The van der Waals surface area contributed by atoms with Crippen LogP contribution >= 0.6 is 0 Å². The molecule has 0 bridgehead atoms. The first-order valence-corrected chi connectivity index (χ1v) is 9.48. The number of amides is 1. The van der Waals surface area contributed by atoms with Gasteiger partial charge in [-0.05, 0) is 42.3 Å². The highest BCUT2D eigenvalue weighted by atomic mass is 16.6. The van der Waals surface area contributed by atoms with Gasteiger partial charge in [0, 0.05) is 13.1 Å². The Bertz CT molecular complexity index is 1020. The monoisotopic (exact) mass is 406 g/mol. The predicted octanol–water partition coefficient (Wildman–Crippen LogP) is 2.99. The first kappa shape index (κ1) is 21.1. The van der Waals surface area contributed by atoms with Crippen molar-refractivity contribution in [2.45, 2.75) is 6.92 Å². The van der Waals surface area contributed by atoms with Crippen LogP contribution in [0.5, 0.6) is 11.5 Å². The van der Waals surface area contributed by atoms with Crippen molar-refractivity contribution in [1.82, 2.24) is 4.90 Å². The summed E-state index contributed by atoms with van der Waals surface area (Å²) in [4.78, 5) is 26.6. The maximum absolute atomic E-state index is 12.6. The minimum Gasteiger partial charge on any atom is -0.493 e. The molecule has 3 rings (SSSR count). The van der Waals surface area contributed by atoms with Crippen LogP contribution in [0.1, 0.15) is 21.5 Å². The summed E-state index contributed by atoms with van der Waals surface area (Å²) in [5, 5.41) is 9.44. The van der Waals surface area contributed by atoms with E-state index in [-0.39, 0.29) is 17.2 Å². The first-order valence-electron chi connectivity index (χ1n) is 9.48. The van der Waals surface area contributed by atoms with E-state index in [0.717, 1.165) is 5.56 Å². The van der Waals surface area contributed by atoms with Crippen LogP contribution in [0.25, 0.3) is 6.08 Å². The quantitative estimate of drug-likeness (QED) is 0.328. The predicted molar refractivity (Wildman–Crippen MR) is 110 cm³/mol. The molecule has 0 unspecified atom stereocenters. The molecule has 7 heteroatoms. The van der Waals surface area contributed by atoms with Gasteiger partial charge in [0.05, 0.1) is 25.9 Å². The second-order valence-corrected chi connectivity index (χ2v) is 6.69. The van der Waals surface area contributed by atoms with Gasteiger partial charge in [0.1, 0.15) is 11.6 Å². The highest BCUT2D eigenvalue weighted by Gasteiger charge is 2.21. The molecule has 0 N–H and O–H groups in total. The summed E-state index contributed by atoms with van der Waals surface area (Å²) in [6.07, 6.45) is 1.49. The zero-order chi connectivity index (χ0) is 21.5. The van der Waals surface area contributed by atoms with E-state index in [1.54, 1.807) is 35.2 Å². The minimum absolute atomic E-state index is 0.0172. The molecule has 0 radical (unpaired) electrons. The number of ether oxygens (including phenoxy) is 3. The van der Waals surface area contributed by atoms with Crippen molar-refractivity contribution < 1.29 is 23.8 Å². The van der Waals surface area contributed by atoms with Gasteiger partial charge < -0.3 is 19.1 Å². The summed E-state index contributed by atoms with van der Waals surface area (Å²) in [5.74, 6) is -0.257. The van der Waals surface area contributed by atoms with Crippen molar-refractivity contribution in [2.75, 3.05) is 33.4 Å². The maximum Gasteiger partial charge on any atom is 0.343 e. The van der Waals surface area contributed by atoms with E-state index >= 15 is 0 Å². The minimum atomic E-state index is -0.491. The molecule has 154 valence electrons. The average molecular weight is 406 g/mol. The van der Waals surface area contributed by atoms with E-state index in [1.165, 1.54) is 13.2 Å². The Hall–Kier alpha value is -3.63. The second-order valence-electron chi connectivity index (χ2n) is 6.69. The smallest absolute Gasteiger partial charge is 0.343 e. The molecule has 0 aromatic heterocycles. The summed E-state index contributed by atoms with van der Waals surface area (Å²) in [6.45, 7) is 3.65. The number of carbonyl (C=O) groups is 2. The van der Waals surface area contributed by atoms with E-state index in [0.29, 0.717) is 43.2 Å². The lowest BCUT2D eigenvalue weighted by Gasteiger charge is -2.26. The van der Waals surface area contributed by atoms with Gasteiger partial charge in [-0.1, -0.05) is 24.3 Å². The lowest BCUT2D eigenvalue weighted by atomic mass is 10.1. The molecule has 1 aliphatic heterocycles. The highest BCUT2D eigenvalue weighted by molar-refractivity contribution is 6.01. The van der Waals surface area contributed by atoms with Gasteiger partial charge in [-0.15, -0.1) is 0 Å². The number of carbonyl (C=O) groups excluding carboxylic acids is 2. The van der Waals surface area contributed by atoms with Crippen LogP contribution in [-0.2, 0) is 9.53 Å². The van der Waals surface area contributed by atoms with Crippen LogP contribution in [0.15, 0.2) is 48.0 Å². The van der Waals surface area contributed by atoms with Crippen molar-refractivity contribution >= 4 is 18.0 Å². The van der Waals surface area contributed by atoms with E-state index in [1.807, 2.05) is 25.1 Å². The molecule has 1 saturated heterocycles. The summed E-state index contributed by atoms with van der Waals surface area (Å²) < 4.78 is 16.1. The van der Waals surface area contributed by atoms with Gasteiger partial charge in [0.25, 0.3) is 5.91 Å². The maximum atomic E-state index is 12.6. The number of benzene rings is 2. The molecule has 1 aliphatic rings. The molecule has 1 amide bonds. The summed E-state index contributed by atoms with van der Waals surface area (Å²) in [6, 6.07) is 14.0. The first-order chi connectivity index (χ1) is 14.5. The highest BCUT2D eigenvalue weighted by Crippen LogP contribution is 2.30. The standard InChI is InChI=1S/C23H22N2O5/c1-16-5-3-4-6-19(16)23(27)30-20-8-7-17(14-21(20)28-2)13-18(15-24)22(26)25-9-11-29-12-10-25/h3-8,13-14H,9-12H2,1-2H3/b18-13+. The third-order valence-corrected chi connectivity index (χ3v) is 4.72. The number of morpholine rings is 1. The van der Waals surface area contributed by atoms with E-state index < -0.39 is 5.97 Å². The Morgan fingerprint density at radius 1 is 1.13 bits per heavy atom. The van der Waals surface area contributed by atoms with Gasteiger partial charge in [0.2, 0.25) is 0 Å². The molecule has 7 nitrogen and oxygen atoms in total. The van der Waals surface area contributed by atoms with Crippen LogP contribution in [0, 0.1) is 18.3 Å². The molecule has 0 saturated carbocycles. The zero-order valence-corrected chi connectivity index (χ0v) is 16.9. The molecule has 0 aliphatic carbocycles. The molecule has 2 aromatic carbocycles. The Balaban J connectivity index is 1.81. The molecule has 0 atom stereocenters. The lowest BCUT2D eigenvalue weighted by Crippen LogP contribution is -2.41. The van der Waals surface area contributed by atoms with E-state index in [9.17, 15) is 14.9 Å². The van der Waals surface area contributed by atoms with E-state index in [4.69, 9.17) is 14.2 Å². The molecular weight excluding hydrogens is 384 g/mol. The molecule has 1 heterocycles. The fourth-order valence-electron chi connectivity index (χ4n) is 3.06. The summed E-state index contributed by atoms with van der Waals surface area (Å²) in [5.41, 5.74) is 1.87. The van der Waals surface area contributed by atoms with Crippen LogP contribution in [-0.4, -0.2) is 50.2 Å².